The number of pyridine rings is 7. The van der Waals surface area contributed by atoms with Crippen LogP contribution < -0.4 is 20.7 Å². The number of thioether (sulfide) groups is 4. The maximum Gasteiger partial charge on any atom is 2.00 e. The Morgan fingerprint density at radius 1 is 0.449 bits per heavy atom. The summed E-state index contributed by atoms with van der Waals surface area (Å²) < 4.78 is 16.8. The molecule has 15 aromatic rings. The maximum absolute atomic E-state index is 12.2. The molecule has 0 aliphatic heterocycles. The molecule has 34 nitrogen and oxygen atoms in total. The summed E-state index contributed by atoms with van der Waals surface area (Å²) in [5.74, 6) is 2.93. The third-order valence-electron chi connectivity index (χ3n) is 13.1. The number of H-pyrrole nitrogens is 6. The van der Waals surface area contributed by atoms with Gasteiger partial charge in [-0.3, -0.25) is 85.4 Å². The molecule has 0 saturated carbocycles. The number of rotatable bonds is 23. The van der Waals surface area contributed by atoms with Crippen LogP contribution in [0.15, 0.2) is 228 Å². The number of amides is 4. The zero-order valence-corrected chi connectivity index (χ0v) is 62.0. The van der Waals surface area contributed by atoms with Crippen LogP contribution >= 0.6 is 58.4 Å². The number of ether oxygens (including phenoxy) is 1. The Morgan fingerprint density at radius 3 is 1.22 bits per heavy atom. The van der Waals surface area contributed by atoms with E-state index in [1.165, 1.54) is 58.8 Å². The SMILES string of the molecule is O=C(CSc1n[nH]c(-c2cccnc2)n1)Nc1n[nH]c(-c2cccnc2)n1.O=C(CSc1n[nH]c(-c2cccnc2)n1)Nc1nc(-c2cccnc2)cs1.O=C(CSc1n[nH]c(-c2cccnc2)n1)Nc1ncc(-c2cccnc2)[nH]1.[CH2-]Oc1cccc(F)c1.[NH-]C(=O)CSc1n[nH]c(-c2cccnc2)n1.[W+2]. The standard InChI is InChI=1S/C17H14N8OS.C17H13N7OS2.C16H13N9OS.C9H9N5OS.C7H6FO.W/c26-14(22-16-20-9-13(21-16)11-3-1-5-18-7-11)10-27-17-23-15(24-25-17)12-4-2-6-19-8-12;25-14(21-16-20-13(9-26-16)11-3-1-5-18-7-11)10-27-17-22-15(23-24-17)12-4-2-6-19-8-12;26-12(19-15-20-13(22-24-15)10-3-1-5-17-7-10)9-27-16-21-14(23-25-16)11-4-2-6-18-8-11;10-7(15)5-16-9-12-8(13-14-9)6-2-1-3-11-4-6;1-9-7-4-2-3-6(8)5-7;/h1-9H,10H2,(H,23,24,25)(H2,20,21,22,26);1-9H,10H2,(H,20,21,25)(H,22,23,24);1-8H,9H2,(H,21,23,25)(H2,19,20,22,24,26);1-4H,5H2,(H3,10,12,13,14,15);2-5H,1H2;/q;;;;-1;+2/p-1. The Bertz CT molecular complexity index is 4810. The zero-order chi connectivity index (χ0) is 73.5. The number of thiazole rings is 1. The molecule has 10 N–H and O–H groups in total. The fourth-order valence-corrected chi connectivity index (χ4v) is 11.4. The molecule has 14 aromatic heterocycles. The normalized spacial score (nSPS) is 10.4. The van der Waals surface area contributed by atoms with Crippen LogP contribution in [0.1, 0.15) is 0 Å². The van der Waals surface area contributed by atoms with Gasteiger partial charge in [-0.05, 0) is 97.1 Å². The van der Waals surface area contributed by atoms with Crippen LogP contribution in [0.2, 0.25) is 0 Å². The smallest absolute Gasteiger partial charge is 0.667 e. The zero-order valence-electron chi connectivity index (χ0n) is 55.0. The van der Waals surface area contributed by atoms with E-state index in [1.807, 2.05) is 78.2 Å². The molecule has 0 fully saturated rings. The second-order valence-electron chi connectivity index (χ2n) is 20.6. The third-order valence-corrected chi connectivity index (χ3v) is 17.2. The Morgan fingerprint density at radius 2 is 0.832 bits per heavy atom. The van der Waals surface area contributed by atoms with E-state index >= 15 is 0 Å². The van der Waals surface area contributed by atoms with E-state index in [2.05, 4.69) is 154 Å². The van der Waals surface area contributed by atoms with Gasteiger partial charge in [-0.2, -0.15) is 12.1 Å². The van der Waals surface area contributed by atoms with Crippen LogP contribution in [0.25, 0.3) is 85.2 Å². The van der Waals surface area contributed by atoms with Gasteiger partial charge in [-0.1, -0.05) is 53.1 Å². The molecule has 4 amide bonds. The van der Waals surface area contributed by atoms with Crippen LogP contribution in [0, 0.1) is 12.9 Å². The van der Waals surface area contributed by atoms with E-state index in [1.54, 1.807) is 117 Å². The number of carbonyl (C=O) groups excluding carboxylic acids is 4. The van der Waals surface area contributed by atoms with Crippen molar-refractivity contribution in [1.29, 1.82) is 0 Å². The Labute approximate surface area is 640 Å². The van der Waals surface area contributed by atoms with Gasteiger partial charge in [0.1, 0.15) is 5.82 Å². The van der Waals surface area contributed by atoms with Crippen molar-refractivity contribution in [2.45, 2.75) is 20.6 Å². The van der Waals surface area contributed by atoms with Crippen LogP contribution in [0.3, 0.4) is 0 Å². The summed E-state index contributed by atoms with van der Waals surface area (Å²) in [6.45, 7) is 0. The summed E-state index contributed by atoms with van der Waals surface area (Å²) in [6, 6.07) is 31.7. The predicted molar refractivity (Wildman–Crippen MR) is 396 cm³/mol. The van der Waals surface area contributed by atoms with Gasteiger partial charge in [0, 0.05) is 143 Å². The molecular weight excluding hydrogens is 1640 g/mol. The number of hydrogen-bond donors (Lipinski definition) is 9. The number of anilines is 3. The van der Waals surface area contributed by atoms with Crippen LogP contribution in [0.4, 0.5) is 21.4 Å². The largest absolute Gasteiger partial charge is 2.00 e. The van der Waals surface area contributed by atoms with Gasteiger partial charge < -0.3 is 25.6 Å². The van der Waals surface area contributed by atoms with Crippen LogP contribution in [-0.4, -0.2) is 172 Å². The maximum atomic E-state index is 12.2. The molecule has 0 radical (unpaired) electrons. The molecule has 0 spiro atoms. The minimum atomic E-state index is -0.641. The van der Waals surface area contributed by atoms with Gasteiger partial charge in [-0.15, -0.1) is 36.8 Å². The van der Waals surface area contributed by atoms with E-state index in [9.17, 15) is 23.6 Å². The molecule has 15 rings (SSSR count). The third kappa shape index (κ3) is 24.6. The van der Waals surface area contributed by atoms with Crippen molar-refractivity contribution in [3.8, 4) is 85.2 Å². The number of aromatic nitrogens is 25. The number of hydrogen-bond acceptors (Lipinski definition) is 29. The minimum absolute atomic E-state index is 0. The second kappa shape index (κ2) is 40.5. The summed E-state index contributed by atoms with van der Waals surface area (Å²) in [5, 5.41) is 46.7. The number of nitrogens with one attached hydrogen (secondary N) is 10. The predicted octanol–water partition coefficient (Wildman–Crippen LogP) is 10.8. The first-order chi connectivity index (χ1) is 51.9. The van der Waals surface area contributed by atoms with E-state index in [0.29, 0.717) is 66.6 Å². The molecule has 14 heterocycles. The van der Waals surface area contributed by atoms with Crippen molar-refractivity contribution in [3.63, 3.8) is 0 Å². The minimum Gasteiger partial charge on any atom is -0.667 e. The number of nitrogens with zero attached hydrogens (tertiary/aromatic N) is 19. The summed E-state index contributed by atoms with van der Waals surface area (Å²) >= 11 is 6.19. The monoisotopic (exact) mass is 1700 g/mol. The fraction of sp³-hybridized carbons (Fsp3) is 0.0606. The fourth-order valence-electron chi connectivity index (χ4n) is 8.31. The van der Waals surface area contributed by atoms with E-state index in [0.717, 1.165) is 62.1 Å². The first-order valence-corrected chi connectivity index (χ1v) is 35.5. The summed E-state index contributed by atoms with van der Waals surface area (Å²) in [7, 11) is 3.13. The van der Waals surface area contributed by atoms with E-state index in [4.69, 9.17) is 5.73 Å². The number of imidazole rings is 1. The molecule has 536 valence electrons. The quantitative estimate of drug-likeness (QED) is 0.0212. The molecule has 0 unspecified atom stereocenters. The summed E-state index contributed by atoms with van der Waals surface area (Å²) in [6.07, 6.45) is 25.3. The molecule has 0 saturated heterocycles. The Hall–Kier alpha value is -12.5. The number of benzene rings is 1. The van der Waals surface area contributed by atoms with Crippen molar-refractivity contribution in [2.75, 3.05) is 39.0 Å². The van der Waals surface area contributed by atoms with Crippen LogP contribution in [0.5, 0.6) is 5.75 Å². The Balaban J connectivity index is 0.000000148. The van der Waals surface area contributed by atoms with E-state index in [-0.39, 0.29) is 73.6 Å². The molecule has 0 aliphatic carbocycles. The van der Waals surface area contributed by atoms with Gasteiger partial charge in [0.2, 0.25) is 50.2 Å². The van der Waals surface area contributed by atoms with Gasteiger partial charge in [0.25, 0.3) is 0 Å². The number of aromatic amines is 6. The number of carbonyl (C=O) groups is 4. The molecule has 107 heavy (non-hydrogen) atoms. The van der Waals surface area contributed by atoms with Crippen molar-refractivity contribution >= 4 is 99.0 Å². The van der Waals surface area contributed by atoms with Crippen molar-refractivity contribution < 1.29 is 49.4 Å². The molecule has 0 atom stereocenters. The van der Waals surface area contributed by atoms with Gasteiger partial charge in [0.05, 0.1) is 46.5 Å². The molecule has 1 aromatic carbocycles. The topological polar surface area (TPSA) is 477 Å². The summed E-state index contributed by atoms with van der Waals surface area (Å²) in [5.41, 5.74) is 14.2. The van der Waals surface area contributed by atoms with Gasteiger partial charge in [0.15, 0.2) is 34.3 Å². The van der Waals surface area contributed by atoms with Gasteiger partial charge >= 0.3 is 21.1 Å². The average molecular weight is 1700 g/mol. The summed E-state index contributed by atoms with van der Waals surface area (Å²) in [4.78, 5) is 108. The van der Waals surface area contributed by atoms with E-state index < -0.39 is 5.91 Å². The Kier molecular flexibility index (Phi) is 29.2. The van der Waals surface area contributed by atoms with Crippen molar-refractivity contribution in [2.24, 2.45) is 0 Å². The average Bonchev–Trinajstić information content (AvgIpc) is 1.77. The van der Waals surface area contributed by atoms with Crippen molar-refractivity contribution in [3.05, 3.63) is 226 Å². The molecule has 41 heteroatoms. The second-order valence-corrected chi connectivity index (χ2v) is 25.2. The molecule has 0 bridgehead atoms. The first-order valence-electron chi connectivity index (χ1n) is 30.7. The van der Waals surface area contributed by atoms with Crippen molar-refractivity contribution in [1.82, 2.24) is 126 Å². The first kappa shape index (κ1) is 77.1. The van der Waals surface area contributed by atoms with Crippen LogP contribution in [-0.2, 0) is 40.2 Å². The molecular formula is C66H54FN29O5S5W. The van der Waals surface area contributed by atoms with Gasteiger partial charge in [-0.25, -0.2) is 34.3 Å². The number of halogens is 1. The molecule has 0 aliphatic rings.